The molecule has 7 heteroatoms. The lowest BCUT2D eigenvalue weighted by atomic mass is 10.0. The van der Waals surface area contributed by atoms with E-state index in [9.17, 15) is 14.4 Å². The van der Waals surface area contributed by atoms with Crippen LogP contribution in [0.2, 0.25) is 5.02 Å². The van der Waals surface area contributed by atoms with Crippen LogP contribution in [-0.2, 0) is 4.79 Å². The van der Waals surface area contributed by atoms with Crippen molar-refractivity contribution in [2.75, 3.05) is 4.90 Å². The van der Waals surface area contributed by atoms with Gasteiger partial charge >= 0.3 is 0 Å². The number of hydrogen-bond donors (Lipinski definition) is 1. The van der Waals surface area contributed by atoms with E-state index < -0.39 is 11.9 Å². The van der Waals surface area contributed by atoms with Crippen molar-refractivity contribution in [2.45, 2.75) is 44.7 Å². The Morgan fingerprint density at radius 2 is 1.67 bits per heavy atom. The van der Waals surface area contributed by atoms with Crippen molar-refractivity contribution >= 4 is 34.9 Å². The number of hydrogen-bond acceptors (Lipinski definition) is 4. The summed E-state index contributed by atoms with van der Waals surface area (Å²) in [6.07, 6.45) is 5.38. The van der Waals surface area contributed by atoms with Crippen molar-refractivity contribution in [2.24, 2.45) is 0 Å². The number of halogens is 1. The Kier molecular flexibility index (Phi) is 6.94. The van der Waals surface area contributed by atoms with E-state index in [0.717, 1.165) is 25.7 Å². The summed E-state index contributed by atoms with van der Waals surface area (Å²) < 4.78 is 5.38. The highest BCUT2D eigenvalue weighted by Gasteiger charge is 2.35. The molecule has 0 bridgehead atoms. The third-order valence-corrected chi connectivity index (χ3v) is 6.15. The van der Waals surface area contributed by atoms with E-state index in [1.165, 1.54) is 18.1 Å². The number of ketones is 1. The molecule has 0 spiro atoms. The molecule has 1 aromatic heterocycles. The molecule has 1 N–H and O–H groups in total. The van der Waals surface area contributed by atoms with E-state index in [0.29, 0.717) is 21.8 Å². The van der Waals surface area contributed by atoms with Crippen molar-refractivity contribution in [1.29, 1.82) is 0 Å². The van der Waals surface area contributed by atoms with Gasteiger partial charge < -0.3 is 9.73 Å². The Bertz CT molecular complexity index is 1120. The predicted molar refractivity (Wildman–Crippen MR) is 127 cm³/mol. The Hall–Kier alpha value is -3.38. The van der Waals surface area contributed by atoms with E-state index >= 15 is 0 Å². The van der Waals surface area contributed by atoms with Crippen molar-refractivity contribution in [3.8, 4) is 0 Å². The first-order valence-corrected chi connectivity index (χ1v) is 11.4. The lowest BCUT2D eigenvalue weighted by molar-refractivity contribution is -0.123. The second kappa shape index (κ2) is 10.0. The van der Waals surface area contributed by atoms with Crippen LogP contribution < -0.4 is 10.2 Å². The van der Waals surface area contributed by atoms with Crippen molar-refractivity contribution < 1.29 is 18.8 Å². The number of rotatable bonds is 7. The zero-order valence-corrected chi connectivity index (χ0v) is 19.0. The number of carbonyl (C=O) groups is 3. The lowest BCUT2D eigenvalue weighted by Crippen LogP contribution is -2.46. The Labute approximate surface area is 197 Å². The standard InChI is InChI=1S/C26H25ClN2O4/c1-17(30)18-10-14-22(15-11-18)29(26(32)23-7-4-16-33-23)24(19-8-12-20(27)13-9-19)25(31)28-21-5-2-3-6-21/h4,7-16,21,24H,2-3,5-6H2,1H3,(H,28,31). The topological polar surface area (TPSA) is 79.6 Å². The van der Waals surface area contributed by atoms with Crippen LogP contribution in [0.25, 0.3) is 0 Å². The van der Waals surface area contributed by atoms with Crippen molar-refractivity contribution in [1.82, 2.24) is 5.32 Å². The van der Waals surface area contributed by atoms with Crippen LogP contribution in [-0.4, -0.2) is 23.6 Å². The monoisotopic (exact) mass is 464 g/mol. The molecule has 33 heavy (non-hydrogen) atoms. The molecule has 170 valence electrons. The van der Waals surface area contributed by atoms with Crippen molar-refractivity contribution in [3.63, 3.8) is 0 Å². The largest absolute Gasteiger partial charge is 0.459 e. The molecule has 1 heterocycles. The molecule has 0 aliphatic heterocycles. The molecule has 1 unspecified atom stereocenters. The molecule has 0 radical (unpaired) electrons. The number of anilines is 1. The van der Waals surface area contributed by atoms with Gasteiger partial charge in [-0.15, -0.1) is 0 Å². The van der Waals surface area contributed by atoms with Gasteiger partial charge in [0.1, 0.15) is 6.04 Å². The molecule has 1 fully saturated rings. The smallest absolute Gasteiger partial charge is 0.294 e. The second-order valence-electron chi connectivity index (χ2n) is 8.20. The Balaban J connectivity index is 1.80. The molecule has 4 rings (SSSR count). The minimum Gasteiger partial charge on any atom is -0.459 e. The number of amides is 2. The van der Waals surface area contributed by atoms with Gasteiger partial charge in [-0.3, -0.25) is 19.3 Å². The summed E-state index contributed by atoms with van der Waals surface area (Å²) in [5.41, 5.74) is 1.61. The van der Waals surface area contributed by atoms with E-state index in [4.69, 9.17) is 16.0 Å². The van der Waals surface area contributed by atoms with Crippen LogP contribution >= 0.6 is 11.6 Å². The first-order chi connectivity index (χ1) is 15.9. The maximum atomic E-state index is 13.6. The molecular formula is C26H25ClN2O4. The van der Waals surface area contributed by atoms with Gasteiger partial charge in [0.05, 0.1) is 6.26 Å². The summed E-state index contributed by atoms with van der Waals surface area (Å²) in [4.78, 5) is 40.4. The highest BCUT2D eigenvalue weighted by Crippen LogP contribution is 2.32. The molecular weight excluding hydrogens is 440 g/mol. The molecule has 3 aromatic rings. The summed E-state index contributed by atoms with van der Waals surface area (Å²) in [6.45, 7) is 1.48. The van der Waals surface area contributed by atoms with Crippen LogP contribution in [0.4, 0.5) is 5.69 Å². The summed E-state index contributed by atoms with van der Waals surface area (Å²) in [5.74, 6) is -0.714. The van der Waals surface area contributed by atoms with Crippen LogP contribution in [0.3, 0.4) is 0 Å². The predicted octanol–water partition coefficient (Wildman–Crippen LogP) is 5.58. The van der Waals surface area contributed by atoms with Gasteiger partial charge in [0, 0.05) is 22.3 Å². The number of nitrogens with zero attached hydrogens (tertiary/aromatic N) is 1. The number of nitrogens with one attached hydrogen (secondary N) is 1. The van der Waals surface area contributed by atoms with Gasteiger partial charge in [-0.25, -0.2) is 0 Å². The number of benzene rings is 2. The maximum absolute atomic E-state index is 13.6. The second-order valence-corrected chi connectivity index (χ2v) is 8.64. The summed E-state index contributed by atoms with van der Waals surface area (Å²) in [5, 5.41) is 3.65. The lowest BCUT2D eigenvalue weighted by Gasteiger charge is -2.32. The van der Waals surface area contributed by atoms with Gasteiger partial charge in [-0.1, -0.05) is 36.6 Å². The normalized spacial score (nSPS) is 14.6. The third kappa shape index (κ3) is 5.17. The molecule has 1 aliphatic rings. The number of carbonyl (C=O) groups excluding carboxylic acids is 3. The molecule has 6 nitrogen and oxygen atoms in total. The number of Topliss-reactive ketones (excluding diaryl/α,β-unsaturated/α-hetero) is 1. The minimum absolute atomic E-state index is 0.0768. The molecule has 1 atom stereocenters. The zero-order chi connectivity index (χ0) is 23.4. The summed E-state index contributed by atoms with van der Waals surface area (Å²) in [6, 6.07) is 15.8. The van der Waals surface area contributed by atoms with Crippen LogP contribution in [0, 0.1) is 0 Å². The van der Waals surface area contributed by atoms with E-state index in [1.807, 2.05) is 0 Å². The Morgan fingerprint density at radius 1 is 1.00 bits per heavy atom. The first-order valence-electron chi connectivity index (χ1n) is 11.0. The zero-order valence-electron chi connectivity index (χ0n) is 18.3. The quantitative estimate of drug-likeness (QED) is 0.463. The summed E-state index contributed by atoms with van der Waals surface area (Å²) >= 11 is 6.09. The average molecular weight is 465 g/mol. The first kappa shape index (κ1) is 22.8. The molecule has 0 saturated heterocycles. The van der Waals surface area contributed by atoms with E-state index in [1.54, 1.807) is 60.7 Å². The van der Waals surface area contributed by atoms with Gasteiger partial charge in [-0.2, -0.15) is 0 Å². The minimum atomic E-state index is -0.955. The summed E-state index contributed by atoms with van der Waals surface area (Å²) in [7, 11) is 0. The molecule has 1 aliphatic carbocycles. The fraction of sp³-hybridized carbons (Fsp3) is 0.269. The maximum Gasteiger partial charge on any atom is 0.294 e. The van der Waals surface area contributed by atoms with E-state index in [2.05, 4.69) is 5.32 Å². The highest BCUT2D eigenvalue weighted by atomic mass is 35.5. The van der Waals surface area contributed by atoms with Crippen LogP contribution in [0.5, 0.6) is 0 Å². The Morgan fingerprint density at radius 3 is 2.24 bits per heavy atom. The van der Waals surface area contributed by atoms with Gasteiger partial charge in [0.2, 0.25) is 5.91 Å². The van der Waals surface area contributed by atoms with Crippen molar-refractivity contribution in [3.05, 3.63) is 88.8 Å². The molecule has 2 amide bonds. The highest BCUT2D eigenvalue weighted by molar-refractivity contribution is 6.30. The SMILES string of the molecule is CC(=O)c1ccc(N(C(=O)c2ccco2)C(C(=O)NC2CCCC2)c2ccc(Cl)cc2)cc1. The third-order valence-electron chi connectivity index (χ3n) is 5.90. The fourth-order valence-electron chi connectivity index (χ4n) is 4.17. The molecule has 2 aromatic carbocycles. The van der Waals surface area contributed by atoms with E-state index in [-0.39, 0.29) is 23.5 Å². The van der Waals surface area contributed by atoms with Crippen LogP contribution in [0.1, 0.15) is 65.1 Å². The number of furan rings is 1. The average Bonchev–Trinajstić information content (AvgIpc) is 3.52. The fourth-order valence-corrected chi connectivity index (χ4v) is 4.30. The van der Waals surface area contributed by atoms with Crippen LogP contribution in [0.15, 0.2) is 71.3 Å². The van der Waals surface area contributed by atoms with Gasteiger partial charge in [0.15, 0.2) is 11.5 Å². The van der Waals surface area contributed by atoms with Gasteiger partial charge in [-0.05, 0) is 73.9 Å². The molecule has 1 saturated carbocycles. The van der Waals surface area contributed by atoms with Gasteiger partial charge in [0.25, 0.3) is 5.91 Å².